The fourth-order valence-electron chi connectivity index (χ4n) is 1.63. The molecule has 2 rings (SSSR count). The molecule has 0 saturated carbocycles. The van der Waals surface area contributed by atoms with E-state index >= 15 is 0 Å². The first kappa shape index (κ1) is 13.3. The van der Waals surface area contributed by atoms with Crippen molar-refractivity contribution in [3.8, 4) is 0 Å². The van der Waals surface area contributed by atoms with Crippen LogP contribution in [0.4, 0.5) is 0 Å². The van der Waals surface area contributed by atoms with Crippen molar-refractivity contribution in [1.29, 1.82) is 0 Å². The summed E-state index contributed by atoms with van der Waals surface area (Å²) < 4.78 is 5.37. The van der Waals surface area contributed by atoms with Gasteiger partial charge >= 0.3 is 0 Å². The Balaban J connectivity index is 1.93. The van der Waals surface area contributed by atoms with Crippen LogP contribution in [-0.4, -0.2) is 4.98 Å². The Morgan fingerprint density at radius 3 is 2.78 bits per heavy atom. The lowest BCUT2D eigenvalue weighted by Crippen LogP contribution is -2.16. The Hall–Kier alpha value is -1.13. The van der Waals surface area contributed by atoms with E-state index in [0.717, 1.165) is 12.3 Å². The zero-order valence-electron chi connectivity index (χ0n) is 11.4. The lowest BCUT2D eigenvalue weighted by Gasteiger charge is -2.13. The highest BCUT2D eigenvalue weighted by Gasteiger charge is 2.18. The minimum atomic E-state index is 0.134. The molecule has 0 radical (unpaired) electrons. The summed E-state index contributed by atoms with van der Waals surface area (Å²) in [4.78, 5) is 5.75. The first-order valence-electron chi connectivity index (χ1n) is 6.19. The van der Waals surface area contributed by atoms with Gasteiger partial charge in [0.25, 0.3) is 0 Å². The zero-order valence-corrected chi connectivity index (χ0v) is 12.2. The highest BCUT2D eigenvalue weighted by molar-refractivity contribution is 7.11. The van der Waals surface area contributed by atoms with Crippen molar-refractivity contribution >= 4 is 11.3 Å². The summed E-state index contributed by atoms with van der Waals surface area (Å²) in [7, 11) is 0. The molecule has 0 bridgehead atoms. The van der Waals surface area contributed by atoms with E-state index in [1.165, 1.54) is 9.88 Å². The molecular formula is C14H20N2OS. The Labute approximate surface area is 112 Å². The molecule has 3 nitrogen and oxygen atoms in total. The van der Waals surface area contributed by atoms with Gasteiger partial charge in [0.05, 0.1) is 17.3 Å². The summed E-state index contributed by atoms with van der Waals surface area (Å²) in [5.74, 6) is 0.968. The largest absolute Gasteiger partial charge is 0.468 e. The van der Waals surface area contributed by atoms with Crippen LogP contribution in [0.25, 0.3) is 0 Å². The number of hydrogen-bond acceptors (Lipinski definition) is 4. The van der Waals surface area contributed by atoms with Crippen LogP contribution in [0.1, 0.15) is 49.4 Å². The Bertz CT molecular complexity index is 482. The van der Waals surface area contributed by atoms with E-state index in [0.29, 0.717) is 0 Å². The summed E-state index contributed by atoms with van der Waals surface area (Å²) in [5.41, 5.74) is 0.134. The van der Waals surface area contributed by atoms with Gasteiger partial charge in [0.2, 0.25) is 0 Å². The predicted molar refractivity (Wildman–Crippen MR) is 74.8 cm³/mol. The predicted octanol–water partition coefficient (Wildman–Crippen LogP) is 3.88. The normalized spacial score (nSPS) is 13.8. The van der Waals surface area contributed by atoms with E-state index in [2.05, 4.69) is 38.0 Å². The summed E-state index contributed by atoms with van der Waals surface area (Å²) >= 11 is 1.77. The molecule has 98 valence electrons. The van der Waals surface area contributed by atoms with Crippen LogP contribution in [0.3, 0.4) is 0 Å². The first-order chi connectivity index (χ1) is 8.47. The monoisotopic (exact) mass is 264 g/mol. The zero-order chi connectivity index (χ0) is 13.2. The van der Waals surface area contributed by atoms with Crippen molar-refractivity contribution in [2.24, 2.45) is 0 Å². The number of rotatable bonds is 4. The lowest BCUT2D eigenvalue weighted by atomic mass is 9.98. The van der Waals surface area contributed by atoms with Crippen LogP contribution in [0, 0.1) is 0 Å². The van der Waals surface area contributed by atoms with E-state index < -0.39 is 0 Å². The van der Waals surface area contributed by atoms with Gasteiger partial charge in [0.1, 0.15) is 5.76 Å². The minimum Gasteiger partial charge on any atom is -0.468 e. The van der Waals surface area contributed by atoms with E-state index in [-0.39, 0.29) is 11.5 Å². The van der Waals surface area contributed by atoms with Gasteiger partial charge in [-0.1, -0.05) is 20.8 Å². The molecule has 2 aromatic heterocycles. The molecule has 0 fully saturated rings. The van der Waals surface area contributed by atoms with Crippen molar-refractivity contribution < 1.29 is 4.42 Å². The molecule has 0 aliphatic carbocycles. The molecule has 1 N–H and O–H groups in total. The topological polar surface area (TPSA) is 38.1 Å². The molecule has 0 aromatic carbocycles. The van der Waals surface area contributed by atoms with Crippen LogP contribution in [0.5, 0.6) is 0 Å². The maximum absolute atomic E-state index is 5.37. The molecule has 4 heteroatoms. The van der Waals surface area contributed by atoms with Crippen molar-refractivity contribution in [2.75, 3.05) is 0 Å². The molecule has 1 unspecified atom stereocenters. The second-order valence-electron chi connectivity index (χ2n) is 5.50. The molecule has 0 aliphatic rings. The minimum absolute atomic E-state index is 0.134. The lowest BCUT2D eigenvalue weighted by molar-refractivity contribution is 0.431. The fourth-order valence-corrected chi connectivity index (χ4v) is 2.55. The number of aromatic nitrogens is 1. The summed E-state index contributed by atoms with van der Waals surface area (Å²) in [6.07, 6.45) is 3.67. The van der Waals surface area contributed by atoms with Gasteiger partial charge in [-0.05, 0) is 19.1 Å². The molecule has 0 amide bonds. The third kappa shape index (κ3) is 3.21. The van der Waals surface area contributed by atoms with Crippen LogP contribution in [0.2, 0.25) is 0 Å². The molecule has 2 heterocycles. The molecular weight excluding hydrogens is 244 g/mol. The number of hydrogen-bond donors (Lipinski definition) is 1. The molecule has 2 aromatic rings. The molecule has 18 heavy (non-hydrogen) atoms. The van der Waals surface area contributed by atoms with Crippen molar-refractivity contribution in [3.05, 3.63) is 40.2 Å². The SMILES string of the molecule is CC(NCc1cnc(C(C)(C)C)s1)c1ccco1. The highest BCUT2D eigenvalue weighted by Crippen LogP contribution is 2.27. The van der Waals surface area contributed by atoms with Gasteiger partial charge in [0.15, 0.2) is 0 Å². The van der Waals surface area contributed by atoms with Crippen molar-refractivity contribution in [3.63, 3.8) is 0 Å². The quantitative estimate of drug-likeness (QED) is 0.910. The highest BCUT2D eigenvalue weighted by atomic mass is 32.1. The number of nitrogens with zero attached hydrogens (tertiary/aromatic N) is 1. The average molecular weight is 264 g/mol. The Morgan fingerprint density at radius 2 is 2.22 bits per heavy atom. The van der Waals surface area contributed by atoms with E-state index in [1.54, 1.807) is 17.6 Å². The van der Waals surface area contributed by atoms with Crippen molar-refractivity contribution in [2.45, 2.75) is 45.7 Å². The van der Waals surface area contributed by atoms with Gasteiger partial charge in [-0.25, -0.2) is 4.98 Å². The number of furan rings is 1. The van der Waals surface area contributed by atoms with Gasteiger partial charge in [0, 0.05) is 23.0 Å². The second-order valence-corrected chi connectivity index (χ2v) is 6.61. The van der Waals surface area contributed by atoms with Crippen LogP contribution in [-0.2, 0) is 12.0 Å². The van der Waals surface area contributed by atoms with Gasteiger partial charge in [-0.15, -0.1) is 11.3 Å². The third-order valence-corrected chi connectivity index (χ3v) is 4.17. The van der Waals surface area contributed by atoms with E-state index in [4.69, 9.17) is 4.42 Å². The number of thiazole rings is 1. The van der Waals surface area contributed by atoms with Gasteiger partial charge < -0.3 is 9.73 Å². The summed E-state index contributed by atoms with van der Waals surface area (Å²) in [6.45, 7) is 9.50. The van der Waals surface area contributed by atoms with E-state index in [1.807, 2.05) is 18.3 Å². The molecule has 1 atom stereocenters. The van der Waals surface area contributed by atoms with Crippen LogP contribution in [0.15, 0.2) is 29.0 Å². The summed E-state index contributed by atoms with van der Waals surface area (Å²) in [5, 5.41) is 4.63. The average Bonchev–Trinajstić information content (AvgIpc) is 2.96. The van der Waals surface area contributed by atoms with Gasteiger partial charge in [-0.2, -0.15) is 0 Å². The Morgan fingerprint density at radius 1 is 1.44 bits per heavy atom. The third-order valence-electron chi connectivity index (χ3n) is 2.75. The summed E-state index contributed by atoms with van der Waals surface area (Å²) in [6, 6.07) is 4.13. The fraction of sp³-hybridized carbons (Fsp3) is 0.500. The smallest absolute Gasteiger partial charge is 0.120 e. The van der Waals surface area contributed by atoms with Gasteiger partial charge in [-0.3, -0.25) is 0 Å². The van der Waals surface area contributed by atoms with Crippen molar-refractivity contribution in [1.82, 2.24) is 10.3 Å². The van der Waals surface area contributed by atoms with Crippen LogP contribution >= 0.6 is 11.3 Å². The standard InChI is InChI=1S/C14H20N2OS/c1-10(12-6-5-7-17-12)15-8-11-9-16-13(18-11)14(2,3)4/h5-7,9-10,15H,8H2,1-4H3. The van der Waals surface area contributed by atoms with Crippen LogP contribution < -0.4 is 5.32 Å². The molecule has 0 aliphatic heterocycles. The Kier molecular flexibility index (Phi) is 3.88. The van der Waals surface area contributed by atoms with E-state index in [9.17, 15) is 0 Å². The molecule has 0 saturated heterocycles. The second kappa shape index (κ2) is 5.24. The first-order valence-corrected chi connectivity index (χ1v) is 7.00. The maximum atomic E-state index is 5.37. The number of nitrogens with one attached hydrogen (secondary N) is 1. The molecule has 0 spiro atoms. The maximum Gasteiger partial charge on any atom is 0.120 e.